The van der Waals surface area contributed by atoms with Crippen LogP contribution >= 0.6 is 19.6 Å². The van der Waals surface area contributed by atoms with Crippen molar-refractivity contribution in [1.29, 1.82) is 0 Å². The molecule has 0 radical (unpaired) electrons. The van der Waals surface area contributed by atoms with Crippen molar-refractivity contribution < 1.29 is 9.47 Å². The number of benzene rings is 1. The molecule has 0 aliphatic carbocycles. The Morgan fingerprint density at radius 3 is 2.00 bits per heavy atom. The highest BCUT2D eigenvalue weighted by Crippen LogP contribution is 2.66. The Morgan fingerprint density at radius 2 is 1.52 bits per heavy atom. The molecule has 0 amide bonds. The van der Waals surface area contributed by atoms with E-state index < -0.39 is 7.36 Å². The molecular weight excluding hydrogens is 451 g/mol. The van der Waals surface area contributed by atoms with Crippen molar-refractivity contribution in [2.75, 3.05) is 64.6 Å². The first-order chi connectivity index (χ1) is 15.6. The number of hydrogen-bond acceptors (Lipinski definition) is 4. The third kappa shape index (κ3) is 4.49. The molecule has 0 bridgehead atoms. The maximum Gasteiger partial charge on any atom is 0.129 e. The quantitative estimate of drug-likeness (QED) is 0.333. The predicted molar refractivity (Wildman–Crippen MR) is 142 cm³/mol. The Kier molecular flexibility index (Phi) is 7.22. The molecule has 182 valence electrons. The van der Waals surface area contributed by atoms with Crippen LogP contribution in [0.3, 0.4) is 0 Å². The van der Waals surface area contributed by atoms with E-state index in [9.17, 15) is 0 Å². The summed E-state index contributed by atoms with van der Waals surface area (Å²) in [5.74, 6) is 0. The molecule has 0 saturated carbocycles. The molecule has 0 atom stereocenters. The van der Waals surface area contributed by atoms with Gasteiger partial charge in [0.15, 0.2) is 0 Å². The van der Waals surface area contributed by atoms with Gasteiger partial charge in [-0.25, -0.2) is 4.74 Å². The number of allylic oxidation sites excluding steroid dienone is 1. The van der Waals surface area contributed by atoms with Gasteiger partial charge < -0.3 is 14.4 Å². The van der Waals surface area contributed by atoms with Gasteiger partial charge in [0.05, 0.1) is 26.4 Å². The summed E-state index contributed by atoms with van der Waals surface area (Å²) in [4.78, 5) is 2.97. The maximum absolute atomic E-state index is 6.05. The summed E-state index contributed by atoms with van der Waals surface area (Å²) in [5, 5.41) is -0.0513. The molecule has 3 aliphatic rings. The molecule has 6 nitrogen and oxygen atoms in total. The lowest BCUT2D eigenvalue weighted by molar-refractivity contribution is 0.0551. The number of fused-ring (bicyclic) bond motifs is 1. The monoisotopic (exact) mass is 490 g/mol. The number of hydrogen-bond donors (Lipinski definition) is 0. The highest BCUT2D eigenvalue weighted by molar-refractivity contribution is 7.81. The summed E-state index contributed by atoms with van der Waals surface area (Å²) in [6.07, 6.45) is 2.15. The highest BCUT2D eigenvalue weighted by Gasteiger charge is 2.46. The zero-order valence-corrected chi connectivity index (χ0v) is 22.7. The van der Waals surface area contributed by atoms with Gasteiger partial charge in [0.25, 0.3) is 0 Å². The zero-order valence-electron chi connectivity index (χ0n) is 21.0. The van der Waals surface area contributed by atoms with E-state index >= 15 is 0 Å². The molecule has 2 saturated heterocycles. The van der Waals surface area contributed by atoms with Crippen molar-refractivity contribution in [3.8, 4) is 0 Å². The number of nitrogens with zero attached hydrogens (tertiary/aromatic N) is 4. The molecular formula is C25H39N4O2PS. The Bertz CT molecular complexity index is 951. The first-order valence-corrected chi connectivity index (χ1v) is 14.0. The maximum atomic E-state index is 6.05. The van der Waals surface area contributed by atoms with E-state index in [2.05, 4.69) is 86.2 Å². The van der Waals surface area contributed by atoms with E-state index in [1.807, 2.05) is 0 Å². The van der Waals surface area contributed by atoms with Crippen molar-refractivity contribution in [2.45, 2.75) is 45.2 Å². The third-order valence-corrected chi connectivity index (χ3v) is 12.1. The van der Waals surface area contributed by atoms with Crippen LogP contribution in [0.15, 0.2) is 40.8 Å². The van der Waals surface area contributed by atoms with E-state index in [1.165, 1.54) is 16.9 Å². The first-order valence-electron chi connectivity index (χ1n) is 12.0. The van der Waals surface area contributed by atoms with Crippen LogP contribution in [-0.4, -0.2) is 79.1 Å². The van der Waals surface area contributed by atoms with Crippen LogP contribution in [0.25, 0.3) is 0 Å². The molecule has 0 aromatic heterocycles. The van der Waals surface area contributed by atoms with Crippen LogP contribution in [0.5, 0.6) is 0 Å². The second kappa shape index (κ2) is 9.52. The van der Waals surface area contributed by atoms with Crippen LogP contribution < -0.4 is 4.90 Å². The Labute approximate surface area is 205 Å². The van der Waals surface area contributed by atoms with Crippen LogP contribution in [0.2, 0.25) is 0 Å². The van der Waals surface area contributed by atoms with Crippen molar-refractivity contribution in [2.24, 2.45) is 4.74 Å². The minimum Gasteiger partial charge on any atom is -0.379 e. The highest BCUT2D eigenvalue weighted by atomic mass is 32.1. The average Bonchev–Trinajstić information content (AvgIpc) is 2.98. The summed E-state index contributed by atoms with van der Waals surface area (Å²) in [5.41, 5.74) is 3.66. The Hall–Kier alpha value is -1.08. The van der Waals surface area contributed by atoms with Gasteiger partial charge in [-0.1, -0.05) is 65.0 Å². The first kappa shape index (κ1) is 25.0. The number of rotatable bonds is 3. The van der Waals surface area contributed by atoms with Gasteiger partial charge in [-0.05, 0) is 17.7 Å². The molecule has 3 heterocycles. The number of ether oxygens (including phenoxy) is 2. The number of thiocarbonyl (C=S) groups is 1. The van der Waals surface area contributed by atoms with E-state index in [4.69, 9.17) is 26.4 Å². The van der Waals surface area contributed by atoms with E-state index in [1.54, 1.807) is 0 Å². The summed E-state index contributed by atoms with van der Waals surface area (Å²) in [7, 11) is -0.0145. The fraction of sp³-hybridized carbons (Fsp3) is 0.640. The van der Waals surface area contributed by atoms with E-state index in [0.717, 1.165) is 52.6 Å². The average molecular weight is 491 g/mol. The summed E-state index contributed by atoms with van der Waals surface area (Å²) in [6.45, 7) is 18.1. The summed E-state index contributed by atoms with van der Waals surface area (Å²) >= 11 is 6.05. The third-order valence-electron chi connectivity index (χ3n) is 7.10. The predicted octanol–water partition coefficient (Wildman–Crippen LogP) is 5.12. The smallest absolute Gasteiger partial charge is 0.129 e. The van der Waals surface area contributed by atoms with Gasteiger partial charge in [0.1, 0.15) is 12.3 Å². The molecule has 33 heavy (non-hydrogen) atoms. The summed E-state index contributed by atoms with van der Waals surface area (Å²) < 4.78 is 22.2. The minimum atomic E-state index is -2.15. The molecule has 2 fully saturated rings. The van der Waals surface area contributed by atoms with Gasteiger partial charge in [0, 0.05) is 55.2 Å². The minimum absolute atomic E-state index is 0.0513. The van der Waals surface area contributed by atoms with Crippen LogP contribution in [0, 0.1) is 0 Å². The van der Waals surface area contributed by atoms with Gasteiger partial charge in [-0.3, -0.25) is 9.34 Å². The summed E-state index contributed by atoms with van der Waals surface area (Å²) in [6, 6.07) is 8.63. The largest absolute Gasteiger partial charge is 0.379 e. The fourth-order valence-electron chi connectivity index (χ4n) is 5.51. The SMILES string of the molecule is CN1/C(=C\C(=S)N=P(N2CCOCC2)(N2CCOCC2)C(C)(C)C)C(C)(C)c2ccccc21. The van der Waals surface area contributed by atoms with E-state index in [0.29, 0.717) is 4.99 Å². The lowest BCUT2D eigenvalue weighted by Crippen LogP contribution is -2.48. The van der Waals surface area contributed by atoms with Crippen molar-refractivity contribution >= 4 is 30.2 Å². The molecule has 4 rings (SSSR count). The Morgan fingerprint density at radius 1 is 1.00 bits per heavy atom. The molecule has 0 spiro atoms. The molecule has 1 aromatic carbocycles. The van der Waals surface area contributed by atoms with Gasteiger partial charge in [0.2, 0.25) is 0 Å². The molecule has 1 aromatic rings. The van der Waals surface area contributed by atoms with Crippen LogP contribution in [0.1, 0.15) is 40.2 Å². The number of anilines is 1. The van der Waals surface area contributed by atoms with E-state index in [-0.39, 0.29) is 10.6 Å². The van der Waals surface area contributed by atoms with Gasteiger partial charge in [-0.15, -0.1) is 0 Å². The van der Waals surface area contributed by atoms with Gasteiger partial charge >= 0.3 is 0 Å². The van der Waals surface area contributed by atoms with Gasteiger partial charge in [-0.2, -0.15) is 0 Å². The second-order valence-electron chi connectivity index (χ2n) is 10.5. The van der Waals surface area contributed by atoms with Crippen molar-refractivity contribution in [1.82, 2.24) is 9.34 Å². The van der Waals surface area contributed by atoms with Crippen LogP contribution in [-0.2, 0) is 14.9 Å². The standard InChI is InChI=1S/C25H39N4O2PS/c1-24(2,3)32(28-11-15-30-16-12-28,29-13-17-31-18-14-29)26-23(33)19-22-25(4,5)20-9-7-8-10-21(20)27(22)6/h7-10,19H,11-18H2,1-6H3/b22-19-. The molecule has 0 unspecified atom stereocenters. The molecule has 8 heteroatoms. The Balaban J connectivity index is 1.81. The number of likely N-dealkylation sites (N-methyl/N-ethyl adjacent to an activating group) is 1. The topological polar surface area (TPSA) is 40.5 Å². The zero-order chi connectivity index (χ0) is 23.9. The lowest BCUT2D eigenvalue weighted by Gasteiger charge is -2.52. The van der Waals surface area contributed by atoms with Crippen molar-refractivity contribution in [3.05, 3.63) is 41.6 Å². The number of para-hydroxylation sites is 1. The van der Waals surface area contributed by atoms with Crippen molar-refractivity contribution in [3.63, 3.8) is 0 Å². The second-order valence-corrected chi connectivity index (χ2v) is 14.8. The van der Waals surface area contributed by atoms with Crippen LogP contribution in [0.4, 0.5) is 5.69 Å². The molecule has 3 aliphatic heterocycles. The fourth-order valence-corrected chi connectivity index (χ4v) is 10.3. The molecule has 0 N–H and O–H groups in total. The number of morpholine rings is 2. The normalized spacial score (nSPS) is 23.6. The lowest BCUT2D eigenvalue weighted by atomic mass is 9.84.